The average Bonchev–Trinajstić information content (AvgIpc) is 2.97. The van der Waals surface area contributed by atoms with E-state index < -0.39 is 6.09 Å². The zero-order valence-electron chi connectivity index (χ0n) is 9.60. The Bertz CT molecular complexity index is 583. The molecule has 1 saturated heterocycles. The van der Waals surface area contributed by atoms with Crippen LogP contribution in [0.2, 0.25) is 0 Å². The van der Waals surface area contributed by atoms with E-state index in [4.69, 9.17) is 5.11 Å². The number of amides is 1. The Labute approximate surface area is 102 Å². The fourth-order valence-corrected chi connectivity index (χ4v) is 2.33. The second kappa shape index (κ2) is 4.21. The van der Waals surface area contributed by atoms with Crippen molar-refractivity contribution in [2.75, 3.05) is 6.54 Å². The quantitative estimate of drug-likeness (QED) is 0.824. The summed E-state index contributed by atoms with van der Waals surface area (Å²) in [5.41, 5.74) is 1.26. The third-order valence-corrected chi connectivity index (χ3v) is 3.18. The van der Waals surface area contributed by atoms with Crippen LogP contribution in [-0.4, -0.2) is 53.6 Å². The minimum Gasteiger partial charge on any atom is -0.465 e. The first kappa shape index (κ1) is 10.9. The van der Waals surface area contributed by atoms with Crippen LogP contribution in [0.15, 0.2) is 12.5 Å². The van der Waals surface area contributed by atoms with Crippen LogP contribution in [0.4, 0.5) is 4.79 Å². The van der Waals surface area contributed by atoms with Crippen molar-refractivity contribution in [3.05, 3.63) is 12.5 Å². The first-order valence-electron chi connectivity index (χ1n) is 5.74. The van der Waals surface area contributed by atoms with Gasteiger partial charge in [0.15, 0.2) is 11.2 Å². The molecule has 2 aromatic rings. The van der Waals surface area contributed by atoms with Gasteiger partial charge in [0.25, 0.3) is 0 Å². The molecule has 0 unspecified atom stereocenters. The van der Waals surface area contributed by atoms with Gasteiger partial charge in [-0.3, -0.25) is 0 Å². The summed E-state index contributed by atoms with van der Waals surface area (Å²) in [5, 5.41) is 17.0. The molecule has 18 heavy (non-hydrogen) atoms. The predicted molar refractivity (Wildman–Crippen MR) is 60.9 cm³/mol. The van der Waals surface area contributed by atoms with Gasteiger partial charge in [0.1, 0.15) is 6.33 Å². The summed E-state index contributed by atoms with van der Waals surface area (Å²) < 4.78 is 1.64. The number of likely N-dealkylation sites (tertiary alicyclic amines) is 1. The lowest BCUT2D eigenvalue weighted by molar-refractivity contribution is 0.135. The molecular weight excluding hydrogens is 236 g/mol. The molecule has 1 amide bonds. The minimum absolute atomic E-state index is 0.0534. The predicted octanol–water partition coefficient (Wildman–Crippen LogP) is 0.364. The van der Waals surface area contributed by atoms with Crippen LogP contribution in [0.1, 0.15) is 12.8 Å². The molecule has 8 nitrogen and oxygen atoms in total. The van der Waals surface area contributed by atoms with Gasteiger partial charge < -0.3 is 10.0 Å². The fourth-order valence-electron chi connectivity index (χ4n) is 2.33. The molecule has 0 saturated carbocycles. The maximum absolute atomic E-state index is 11.1. The summed E-state index contributed by atoms with van der Waals surface area (Å²) >= 11 is 0. The molecule has 1 N–H and O–H groups in total. The van der Waals surface area contributed by atoms with E-state index in [-0.39, 0.29) is 6.04 Å². The van der Waals surface area contributed by atoms with Crippen molar-refractivity contribution in [2.45, 2.75) is 25.4 Å². The van der Waals surface area contributed by atoms with Crippen LogP contribution in [0.5, 0.6) is 0 Å². The molecule has 1 atom stereocenters. The molecule has 0 aromatic carbocycles. The van der Waals surface area contributed by atoms with Gasteiger partial charge in [-0.05, 0) is 12.8 Å². The van der Waals surface area contributed by atoms with Crippen LogP contribution in [0.25, 0.3) is 11.2 Å². The molecule has 2 aromatic heterocycles. The van der Waals surface area contributed by atoms with Crippen molar-refractivity contribution >= 4 is 17.3 Å². The lowest BCUT2D eigenvalue weighted by Crippen LogP contribution is -2.37. The monoisotopic (exact) mass is 248 g/mol. The number of carbonyl (C=O) groups is 1. The van der Waals surface area contributed by atoms with Crippen LogP contribution < -0.4 is 0 Å². The highest BCUT2D eigenvalue weighted by Crippen LogP contribution is 2.19. The summed E-state index contributed by atoms with van der Waals surface area (Å²) in [7, 11) is 0. The van der Waals surface area contributed by atoms with Crippen molar-refractivity contribution < 1.29 is 9.90 Å². The Morgan fingerprint density at radius 1 is 1.56 bits per heavy atom. The summed E-state index contributed by atoms with van der Waals surface area (Å²) in [6.45, 7) is 1.07. The molecule has 3 heterocycles. The number of rotatable bonds is 2. The SMILES string of the molecule is O=C(O)N1CCC[C@H]1Cn1nnc2cncnc21. The number of hydrogen-bond donors (Lipinski definition) is 1. The molecule has 0 spiro atoms. The van der Waals surface area contributed by atoms with E-state index in [1.807, 2.05) is 0 Å². The van der Waals surface area contributed by atoms with E-state index in [1.165, 1.54) is 11.2 Å². The van der Waals surface area contributed by atoms with Gasteiger partial charge in [-0.15, -0.1) is 5.10 Å². The van der Waals surface area contributed by atoms with E-state index in [1.54, 1.807) is 10.9 Å². The number of carboxylic acid groups (broad SMARTS) is 1. The van der Waals surface area contributed by atoms with Gasteiger partial charge in [-0.1, -0.05) is 5.21 Å². The molecule has 3 rings (SSSR count). The maximum atomic E-state index is 11.1. The molecule has 0 bridgehead atoms. The smallest absolute Gasteiger partial charge is 0.407 e. The number of fused-ring (bicyclic) bond motifs is 1. The number of hydrogen-bond acceptors (Lipinski definition) is 5. The third kappa shape index (κ3) is 1.75. The van der Waals surface area contributed by atoms with Gasteiger partial charge >= 0.3 is 6.09 Å². The van der Waals surface area contributed by atoms with Gasteiger partial charge in [0, 0.05) is 6.54 Å². The molecule has 8 heteroatoms. The van der Waals surface area contributed by atoms with Crippen LogP contribution >= 0.6 is 0 Å². The van der Waals surface area contributed by atoms with Gasteiger partial charge in [0.2, 0.25) is 0 Å². The van der Waals surface area contributed by atoms with Crippen molar-refractivity contribution in [1.29, 1.82) is 0 Å². The lowest BCUT2D eigenvalue weighted by atomic mass is 10.2. The Morgan fingerprint density at radius 2 is 2.44 bits per heavy atom. The van der Waals surface area contributed by atoms with E-state index in [0.29, 0.717) is 24.3 Å². The average molecular weight is 248 g/mol. The number of aromatic nitrogens is 5. The standard InChI is InChI=1S/C10H12N6O2/c17-10(18)15-3-1-2-7(15)5-16-9-8(13-14-16)4-11-6-12-9/h4,6-7H,1-3,5H2,(H,17,18)/t7-/m0/s1. The second-order valence-electron chi connectivity index (χ2n) is 4.28. The van der Waals surface area contributed by atoms with E-state index in [0.717, 1.165) is 12.8 Å². The molecule has 1 aliphatic heterocycles. The van der Waals surface area contributed by atoms with Crippen molar-refractivity contribution in [2.24, 2.45) is 0 Å². The first-order valence-corrected chi connectivity index (χ1v) is 5.74. The van der Waals surface area contributed by atoms with E-state index >= 15 is 0 Å². The van der Waals surface area contributed by atoms with Gasteiger partial charge in [-0.2, -0.15) is 0 Å². The highest BCUT2D eigenvalue weighted by molar-refractivity contribution is 5.68. The molecule has 1 aliphatic rings. The lowest BCUT2D eigenvalue weighted by Gasteiger charge is -2.20. The number of nitrogens with zero attached hydrogens (tertiary/aromatic N) is 6. The highest BCUT2D eigenvalue weighted by Gasteiger charge is 2.29. The Morgan fingerprint density at radius 3 is 3.28 bits per heavy atom. The Hall–Kier alpha value is -2.25. The molecule has 1 fully saturated rings. The minimum atomic E-state index is -0.878. The van der Waals surface area contributed by atoms with Crippen LogP contribution in [0, 0.1) is 0 Å². The van der Waals surface area contributed by atoms with Crippen molar-refractivity contribution in [1.82, 2.24) is 29.9 Å². The molecule has 0 radical (unpaired) electrons. The van der Waals surface area contributed by atoms with Gasteiger partial charge in [-0.25, -0.2) is 19.4 Å². The third-order valence-electron chi connectivity index (χ3n) is 3.18. The zero-order valence-corrected chi connectivity index (χ0v) is 9.60. The Balaban J connectivity index is 1.86. The topological polar surface area (TPSA) is 97.0 Å². The van der Waals surface area contributed by atoms with Crippen LogP contribution in [0.3, 0.4) is 0 Å². The largest absolute Gasteiger partial charge is 0.465 e. The maximum Gasteiger partial charge on any atom is 0.407 e. The fraction of sp³-hybridized carbons (Fsp3) is 0.500. The van der Waals surface area contributed by atoms with Crippen LogP contribution in [-0.2, 0) is 6.54 Å². The van der Waals surface area contributed by atoms with Crippen molar-refractivity contribution in [3.63, 3.8) is 0 Å². The first-order chi connectivity index (χ1) is 8.75. The summed E-state index contributed by atoms with van der Waals surface area (Å²) in [6, 6.07) is -0.0534. The van der Waals surface area contributed by atoms with Gasteiger partial charge in [0.05, 0.1) is 18.8 Å². The molecule has 0 aliphatic carbocycles. The highest BCUT2D eigenvalue weighted by atomic mass is 16.4. The molecule has 94 valence electrons. The zero-order chi connectivity index (χ0) is 12.5. The van der Waals surface area contributed by atoms with Crippen molar-refractivity contribution in [3.8, 4) is 0 Å². The van der Waals surface area contributed by atoms with E-state index in [9.17, 15) is 4.79 Å². The normalized spacial score (nSPS) is 19.6. The summed E-state index contributed by atoms with van der Waals surface area (Å²) in [5.74, 6) is 0. The second-order valence-corrected chi connectivity index (χ2v) is 4.28. The summed E-state index contributed by atoms with van der Waals surface area (Å²) in [6.07, 6.45) is 3.88. The molecular formula is C10H12N6O2. The van der Waals surface area contributed by atoms with E-state index in [2.05, 4.69) is 20.3 Å². The Kier molecular flexibility index (Phi) is 2.54. The summed E-state index contributed by atoms with van der Waals surface area (Å²) in [4.78, 5) is 20.5.